The molecule has 17 rings (SSSR count). The minimum absolute atomic E-state index is 0.0249. The summed E-state index contributed by atoms with van der Waals surface area (Å²) in [7, 11) is 0. The summed E-state index contributed by atoms with van der Waals surface area (Å²) in [5.74, 6) is 0. The average molecular weight is 1170 g/mol. The molecular weight excluding hydrogens is 1100 g/mol. The number of rotatable bonds is 6. The maximum Gasteiger partial charge on any atom is 0.0541 e. The van der Waals surface area contributed by atoms with Crippen LogP contribution in [0.15, 0.2) is 297 Å². The summed E-state index contributed by atoms with van der Waals surface area (Å²) in [6.07, 6.45) is 0. The molecule has 0 radical (unpaired) electrons. The normalized spacial score (nSPS) is 12.1. The van der Waals surface area contributed by atoms with Gasteiger partial charge in [0.05, 0.1) is 22.1 Å². The molecule has 0 saturated carbocycles. The van der Waals surface area contributed by atoms with Crippen LogP contribution in [0.5, 0.6) is 0 Å². The Kier molecular flexibility index (Phi) is 13.3. The van der Waals surface area contributed by atoms with Crippen molar-refractivity contribution in [2.24, 2.45) is 0 Å². The number of aromatic nitrogens is 2. The molecule has 436 valence electrons. The van der Waals surface area contributed by atoms with E-state index in [1.807, 2.05) is 0 Å². The van der Waals surface area contributed by atoms with Crippen LogP contribution in [-0.4, -0.2) is 9.13 Å². The largest absolute Gasteiger partial charge is 0.309 e. The highest BCUT2D eigenvalue weighted by molar-refractivity contribution is 6.24. The predicted octanol–water partition coefficient (Wildman–Crippen LogP) is 24.9. The molecule has 2 heteroatoms. The van der Waals surface area contributed by atoms with Crippen molar-refractivity contribution < 1.29 is 0 Å². The quantitative estimate of drug-likeness (QED) is 0.147. The fraction of sp³-hybridized carbons (Fsp3) is 0.101. The molecule has 0 aliphatic heterocycles. The van der Waals surface area contributed by atoms with Crippen LogP contribution >= 0.6 is 0 Å². The lowest BCUT2D eigenvalue weighted by atomic mass is 9.81. The topological polar surface area (TPSA) is 9.86 Å². The smallest absolute Gasteiger partial charge is 0.0541 e. The van der Waals surface area contributed by atoms with Gasteiger partial charge in [-0.05, 0) is 194 Å². The van der Waals surface area contributed by atoms with Gasteiger partial charge in [0.15, 0.2) is 0 Å². The SMILES string of the molecule is CC(C)(C)c1ccc2c(-c3cccc(-n4c5ccccc5c5ccccc54)c3)c3ccccc3c(-c3ccc4ccccc4c3)c2c1.Cc1ccc(-c2c3ccccc3c(-c3cccc(-n4c5ccccc5c5ccccc54)c3)c3ccc(C(C)(C)C)cc23)cc1. The molecule has 0 spiro atoms. The highest BCUT2D eigenvalue weighted by atomic mass is 15.0. The Hall–Kier alpha value is -10.8. The molecule has 17 aromatic rings. The summed E-state index contributed by atoms with van der Waals surface area (Å²) < 4.78 is 4.83. The molecule has 2 heterocycles. The number of para-hydroxylation sites is 4. The van der Waals surface area contributed by atoms with Crippen LogP contribution in [0.2, 0.25) is 0 Å². The second-order valence-electron chi connectivity index (χ2n) is 26.9. The lowest BCUT2D eigenvalue weighted by Gasteiger charge is -2.23. The predicted molar refractivity (Wildman–Crippen MR) is 393 cm³/mol. The molecule has 0 unspecified atom stereocenters. The van der Waals surface area contributed by atoms with Crippen LogP contribution in [0, 0.1) is 6.92 Å². The van der Waals surface area contributed by atoms with E-state index in [-0.39, 0.29) is 10.8 Å². The van der Waals surface area contributed by atoms with Crippen LogP contribution in [0.3, 0.4) is 0 Å². The Labute approximate surface area is 532 Å². The van der Waals surface area contributed by atoms with Crippen molar-refractivity contribution in [1.82, 2.24) is 9.13 Å². The molecule has 0 saturated heterocycles. The summed E-state index contributed by atoms with van der Waals surface area (Å²) in [5.41, 5.74) is 21.4. The van der Waals surface area contributed by atoms with Crippen molar-refractivity contribution in [3.63, 3.8) is 0 Å². The summed E-state index contributed by atoms with van der Waals surface area (Å²) in [6, 6.07) is 110. The van der Waals surface area contributed by atoms with Crippen molar-refractivity contribution in [1.29, 1.82) is 0 Å². The lowest BCUT2D eigenvalue weighted by Crippen LogP contribution is -2.10. The molecule has 0 fully saturated rings. The van der Waals surface area contributed by atoms with Gasteiger partial charge in [-0.3, -0.25) is 0 Å². The van der Waals surface area contributed by atoms with Gasteiger partial charge in [0, 0.05) is 32.9 Å². The second kappa shape index (κ2) is 21.8. The van der Waals surface area contributed by atoms with E-state index >= 15 is 0 Å². The molecule has 0 atom stereocenters. The molecule has 0 N–H and O–H groups in total. The molecule has 91 heavy (non-hydrogen) atoms. The summed E-state index contributed by atoms with van der Waals surface area (Å²) in [4.78, 5) is 0. The van der Waals surface area contributed by atoms with E-state index in [4.69, 9.17) is 0 Å². The average Bonchev–Trinajstić information content (AvgIpc) is 1.36. The Balaban J connectivity index is 0.000000146. The van der Waals surface area contributed by atoms with E-state index in [1.54, 1.807) is 0 Å². The molecule has 2 nitrogen and oxygen atoms in total. The highest BCUT2D eigenvalue weighted by Gasteiger charge is 2.24. The summed E-state index contributed by atoms with van der Waals surface area (Å²) >= 11 is 0. The maximum atomic E-state index is 2.45. The number of hydrogen-bond donors (Lipinski definition) is 0. The zero-order chi connectivity index (χ0) is 61.7. The molecule has 0 aliphatic rings. The van der Waals surface area contributed by atoms with Gasteiger partial charge in [-0.1, -0.05) is 278 Å². The van der Waals surface area contributed by atoms with Crippen molar-refractivity contribution in [3.05, 3.63) is 314 Å². The fourth-order valence-corrected chi connectivity index (χ4v) is 14.6. The maximum absolute atomic E-state index is 2.45. The number of nitrogens with zero attached hydrogens (tertiary/aromatic N) is 2. The third-order valence-corrected chi connectivity index (χ3v) is 19.1. The Morgan fingerprint density at radius 2 is 0.538 bits per heavy atom. The Bertz CT molecular complexity index is 5630. The summed E-state index contributed by atoms with van der Waals surface area (Å²) in [5, 5.41) is 17.9. The van der Waals surface area contributed by atoms with E-state index in [0.29, 0.717) is 0 Å². The molecule has 2 aromatic heterocycles. The van der Waals surface area contributed by atoms with Gasteiger partial charge in [0.25, 0.3) is 0 Å². The lowest BCUT2D eigenvalue weighted by molar-refractivity contribution is 0.591. The number of benzene rings is 15. The Morgan fingerprint density at radius 3 is 0.945 bits per heavy atom. The van der Waals surface area contributed by atoms with E-state index < -0.39 is 0 Å². The van der Waals surface area contributed by atoms with Gasteiger partial charge in [-0.25, -0.2) is 0 Å². The van der Waals surface area contributed by atoms with Crippen LogP contribution in [0.25, 0.3) is 153 Å². The van der Waals surface area contributed by atoms with Gasteiger partial charge < -0.3 is 9.13 Å². The first-order chi connectivity index (χ1) is 44.3. The monoisotopic (exact) mass is 1170 g/mol. The number of aryl methyl sites for hydroxylation is 1. The molecule has 0 amide bonds. The van der Waals surface area contributed by atoms with Gasteiger partial charge in [0.1, 0.15) is 0 Å². The van der Waals surface area contributed by atoms with Crippen LogP contribution in [0.1, 0.15) is 58.2 Å². The minimum Gasteiger partial charge on any atom is -0.309 e. The van der Waals surface area contributed by atoms with E-state index in [0.717, 1.165) is 0 Å². The standard InChI is InChI=1S/C46H35N.C43H35N/c1-46(2,3)34-25-26-40-41(29-34)45(33-24-23-30-13-4-5-14-31(30)27-33)39-20-7-6-19-38(39)44(40)32-15-12-16-35(28-32)47-42-21-10-8-17-36(42)37-18-9-11-22-43(37)47;1-28-20-22-29(23-21-28)41-35-16-5-6-17-36(35)42(37-25-24-31(27-38(37)41)43(2,3)4)30-12-11-13-32(26-30)44-39-18-9-7-14-33(39)34-15-8-10-19-40(34)44/h4-29H,1-3H3;5-27H,1-4H3. The third-order valence-electron chi connectivity index (χ3n) is 19.1. The molecule has 15 aromatic carbocycles. The van der Waals surface area contributed by atoms with Crippen molar-refractivity contribution in [3.8, 4) is 55.9 Å². The molecule has 0 bridgehead atoms. The van der Waals surface area contributed by atoms with E-state index in [2.05, 4.69) is 355 Å². The molecule has 0 aliphatic carbocycles. The summed E-state index contributed by atoms with van der Waals surface area (Å²) in [6.45, 7) is 16.0. The first-order valence-corrected chi connectivity index (χ1v) is 32.1. The molecular formula is C89H70N2. The zero-order valence-corrected chi connectivity index (χ0v) is 52.7. The van der Waals surface area contributed by atoms with Crippen LogP contribution in [-0.2, 0) is 10.8 Å². The van der Waals surface area contributed by atoms with Crippen molar-refractivity contribution in [2.45, 2.75) is 59.3 Å². The number of fused-ring (bicyclic) bond motifs is 11. The highest BCUT2D eigenvalue weighted by Crippen LogP contribution is 2.48. The Morgan fingerprint density at radius 1 is 0.220 bits per heavy atom. The first kappa shape index (κ1) is 55.5. The third kappa shape index (κ3) is 9.47. The van der Waals surface area contributed by atoms with Crippen molar-refractivity contribution >= 4 is 97.5 Å². The zero-order valence-electron chi connectivity index (χ0n) is 52.7. The van der Waals surface area contributed by atoms with Gasteiger partial charge in [-0.2, -0.15) is 0 Å². The van der Waals surface area contributed by atoms with Crippen LogP contribution < -0.4 is 0 Å². The van der Waals surface area contributed by atoms with Gasteiger partial charge >= 0.3 is 0 Å². The van der Waals surface area contributed by atoms with Crippen LogP contribution in [0.4, 0.5) is 0 Å². The van der Waals surface area contributed by atoms with E-state index in [9.17, 15) is 0 Å². The first-order valence-electron chi connectivity index (χ1n) is 32.1. The van der Waals surface area contributed by atoms with E-state index in [1.165, 1.54) is 170 Å². The second-order valence-corrected chi connectivity index (χ2v) is 26.9. The number of hydrogen-bond acceptors (Lipinski definition) is 0. The minimum atomic E-state index is 0.0249. The van der Waals surface area contributed by atoms with Gasteiger partial charge in [-0.15, -0.1) is 0 Å². The van der Waals surface area contributed by atoms with Crippen molar-refractivity contribution in [2.75, 3.05) is 0 Å². The van der Waals surface area contributed by atoms with Gasteiger partial charge in [0.2, 0.25) is 0 Å². The fourth-order valence-electron chi connectivity index (χ4n) is 14.6.